The molecule has 0 N–H and O–H groups in total. The number of nitrogens with zero attached hydrogens (tertiary/aromatic N) is 3. The maximum atomic E-state index is 13.1. The molecule has 2 atom stereocenters. The van der Waals surface area contributed by atoms with Gasteiger partial charge < -0.3 is 9.64 Å². The highest BCUT2D eigenvalue weighted by Crippen LogP contribution is 2.34. The standard InChI is InChI=1S/C21H25N3O2/c1-15-18(4-3-5-20(15)26-2)21(25)23-11-8-17-13-24(19(17)14-23)12-16-6-9-22-10-7-16/h3-7,9-10,17,19H,8,11-14H2,1-2H3/t17-,19-/m1/s1. The van der Waals surface area contributed by atoms with Gasteiger partial charge >= 0.3 is 0 Å². The van der Waals surface area contributed by atoms with Gasteiger partial charge in [0.1, 0.15) is 5.75 Å². The number of aromatic nitrogens is 1. The second-order valence-corrected chi connectivity index (χ2v) is 7.29. The molecule has 5 heteroatoms. The van der Waals surface area contributed by atoms with Crippen LogP contribution < -0.4 is 4.74 Å². The number of carbonyl (C=O) groups is 1. The van der Waals surface area contributed by atoms with Crippen molar-refractivity contribution in [2.24, 2.45) is 5.92 Å². The fourth-order valence-electron chi connectivity index (χ4n) is 4.23. The van der Waals surface area contributed by atoms with E-state index in [1.54, 1.807) is 7.11 Å². The van der Waals surface area contributed by atoms with Gasteiger partial charge in [-0.25, -0.2) is 0 Å². The second-order valence-electron chi connectivity index (χ2n) is 7.29. The molecule has 0 spiro atoms. The Morgan fingerprint density at radius 3 is 2.81 bits per heavy atom. The molecule has 1 amide bonds. The van der Waals surface area contributed by atoms with Crippen LogP contribution in [-0.4, -0.2) is 53.5 Å². The molecule has 2 aromatic rings. The fourth-order valence-corrected chi connectivity index (χ4v) is 4.23. The minimum absolute atomic E-state index is 0.121. The van der Waals surface area contributed by atoms with Gasteiger partial charge in [0, 0.05) is 55.7 Å². The minimum atomic E-state index is 0.121. The molecule has 0 aliphatic carbocycles. The smallest absolute Gasteiger partial charge is 0.254 e. The zero-order chi connectivity index (χ0) is 18.1. The van der Waals surface area contributed by atoms with Crippen molar-refractivity contribution < 1.29 is 9.53 Å². The Balaban J connectivity index is 1.45. The Hall–Kier alpha value is -2.40. The van der Waals surface area contributed by atoms with Crippen LogP contribution in [0.3, 0.4) is 0 Å². The molecule has 2 saturated heterocycles. The van der Waals surface area contributed by atoms with Gasteiger partial charge in [0.15, 0.2) is 0 Å². The van der Waals surface area contributed by atoms with Crippen molar-refractivity contribution in [1.82, 2.24) is 14.8 Å². The summed E-state index contributed by atoms with van der Waals surface area (Å²) in [5, 5.41) is 0. The maximum absolute atomic E-state index is 13.1. The lowest BCUT2D eigenvalue weighted by Crippen LogP contribution is -2.64. The largest absolute Gasteiger partial charge is 0.496 e. The van der Waals surface area contributed by atoms with Crippen molar-refractivity contribution in [2.75, 3.05) is 26.7 Å². The SMILES string of the molecule is COc1cccc(C(=O)N2CC[C@@H]3CN(Cc4ccncc4)[C@@H]3C2)c1C. The summed E-state index contributed by atoms with van der Waals surface area (Å²) in [5.41, 5.74) is 2.96. The molecule has 4 rings (SSSR count). The molecule has 1 aromatic carbocycles. The van der Waals surface area contributed by atoms with E-state index in [1.807, 2.05) is 42.4 Å². The third kappa shape index (κ3) is 3.07. The summed E-state index contributed by atoms with van der Waals surface area (Å²) in [5.74, 6) is 1.61. The predicted octanol–water partition coefficient (Wildman–Crippen LogP) is 2.75. The van der Waals surface area contributed by atoms with Crippen molar-refractivity contribution in [3.8, 4) is 5.75 Å². The van der Waals surface area contributed by atoms with Crippen LogP contribution in [0, 0.1) is 12.8 Å². The third-order valence-electron chi connectivity index (χ3n) is 5.82. The van der Waals surface area contributed by atoms with E-state index in [0.717, 1.165) is 49.5 Å². The summed E-state index contributed by atoms with van der Waals surface area (Å²) >= 11 is 0. The van der Waals surface area contributed by atoms with E-state index < -0.39 is 0 Å². The van der Waals surface area contributed by atoms with Gasteiger partial charge in [-0.2, -0.15) is 0 Å². The summed E-state index contributed by atoms with van der Waals surface area (Å²) < 4.78 is 5.37. The van der Waals surface area contributed by atoms with Gasteiger partial charge in [-0.1, -0.05) is 6.07 Å². The number of ether oxygens (including phenoxy) is 1. The molecule has 26 heavy (non-hydrogen) atoms. The number of likely N-dealkylation sites (tertiary alicyclic amines) is 2. The normalized spacial score (nSPS) is 22.5. The van der Waals surface area contributed by atoms with Crippen LogP contribution in [0.1, 0.15) is 27.9 Å². The van der Waals surface area contributed by atoms with E-state index >= 15 is 0 Å². The zero-order valence-electron chi connectivity index (χ0n) is 15.4. The second kappa shape index (κ2) is 7.08. The highest BCUT2D eigenvalue weighted by Gasteiger charge is 2.43. The van der Waals surface area contributed by atoms with Crippen molar-refractivity contribution >= 4 is 5.91 Å². The lowest BCUT2D eigenvalue weighted by Gasteiger charge is -2.53. The Labute approximate surface area is 154 Å². The van der Waals surface area contributed by atoms with Crippen molar-refractivity contribution in [1.29, 1.82) is 0 Å². The van der Waals surface area contributed by atoms with Crippen LogP contribution in [0.4, 0.5) is 0 Å². The maximum Gasteiger partial charge on any atom is 0.254 e. The summed E-state index contributed by atoms with van der Waals surface area (Å²) in [6.07, 6.45) is 4.77. The Kier molecular flexibility index (Phi) is 4.64. The number of hydrogen-bond acceptors (Lipinski definition) is 4. The first-order valence-corrected chi connectivity index (χ1v) is 9.23. The first-order valence-electron chi connectivity index (χ1n) is 9.23. The number of carbonyl (C=O) groups excluding carboxylic acids is 1. The topological polar surface area (TPSA) is 45.7 Å². The summed E-state index contributed by atoms with van der Waals surface area (Å²) in [6, 6.07) is 10.3. The van der Waals surface area contributed by atoms with E-state index in [0.29, 0.717) is 12.0 Å². The Morgan fingerprint density at radius 2 is 2.04 bits per heavy atom. The van der Waals surface area contributed by atoms with Gasteiger partial charge in [-0.15, -0.1) is 0 Å². The van der Waals surface area contributed by atoms with E-state index in [4.69, 9.17) is 4.74 Å². The lowest BCUT2D eigenvalue weighted by atomic mass is 9.81. The average molecular weight is 351 g/mol. The molecule has 1 aromatic heterocycles. The van der Waals surface area contributed by atoms with Crippen LogP contribution in [-0.2, 0) is 6.54 Å². The quantitative estimate of drug-likeness (QED) is 0.850. The molecule has 0 radical (unpaired) electrons. The van der Waals surface area contributed by atoms with E-state index in [2.05, 4.69) is 22.0 Å². The zero-order valence-corrected chi connectivity index (χ0v) is 15.4. The van der Waals surface area contributed by atoms with Crippen LogP contribution in [0.15, 0.2) is 42.7 Å². The number of methoxy groups -OCH3 is 1. The van der Waals surface area contributed by atoms with Gasteiger partial charge in [-0.05, 0) is 49.1 Å². The first-order chi connectivity index (χ1) is 12.7. The average Bonchev–Trinajstić information content (AvgIpc) is 2.66. The number of benzene rings is 1. The highest BCUT2D eigenvalue weighted by molar-refractivity contribution is 5.96. The number of hydrogen-bond donors (Lipinski definition) is 0. The van der Waals surface area contributed by atoms with Crippen LogP contribution >= 0.6 is 0 Å². The van der Waals surface area contributed by atoms with Gasteiger partial charge in [0.25, 0.3) is 5.91 Å². The number of rotatable bonds is 4. The number of fused-ring (bicyclic) bond motifs is 1. The van der Waals surface area contributed by atoms with Crippen molar-refractivity contribution in [2.45, 2.75) is 25.9 Å². The molecule has 136 valence electrons. The molecule has 0 saturated carbocycles. The molecule has 2 aliphatic heterocycles. The van der Waals surface area contributed by atoms with Crippen molar-refractivity contribution in [3.05, 3.63) is 59.4 Å². The van der Waals surface area contributed by atoms with E-state index in [-0.39, 0.29) is 5.91 Å². The molecule has 0 unspecified atom stereocenters. The molecule has 2 fully saturated rings. The van der Waals surface area contributed by atoms with E-state index in [9.17, 15) is 4.79 Å². The molecular weight excluding hydrogens is 326 g/mol. The molecule has 0 bridgehead atoms. The summed E-state index contributed by atoms with van der Waals surface area (Å²) in [7, 11) is 1.65. The first kappa shape index (κ1) is 17.0. The summed E-state index contributed by atoms with van der Waals surface area (Å²) in [6.45, 7) is 5.68. The van der Waals surface area contributed by atoms with Crippen LogP contribution in [0.5, 0.6) is 5.75 Å². The predicted molar refractivity (Wildman–Crippen MR) is 100 cm³/mol. The Bertz CT molecular complexity index is 793. The highest BCUT2D eigenvalue weighted by atomic mass is 16.5. The molecule has 3 heterocycles. The van der Waals surface area contributed by atoms with Gasteiger partial charge in [0.05, 0.1) is 7.11 Å². The fraction of sp³-hybridized carbons (Fsp3) is 0.429. The lowest BCUT2D eigenvalue weighted by molar-refractivity contribution is -0.0427. The van der Waals surface area contributed by atoms with Crippen LogP contribution in [0.2, 0.25) is 0 Å². The minimum Gasteiger partial charge on any atom is -0.496 e. The number of pyridine rings is 1. The third-order valence-corrected chi connectivity index (χ3v) is 5.82. The van der Waals surface area contributed by atoms with Gasteiger partial charge in [0.2, 0.25) is 0 Å². The number of piperidine rings is 1. The van der Waals surface area contributed by atoms with E-state index in [1.165, 1.54) is 5.56 Å². The molecule has 2 aliphatic rings. The molecule has 5 nitrogen and oxygen atoms in total. The summed E-state index contributed by atoms with van der Waals surface area (Å²) in [4.78, 5) is 21.7. The number of amides is 1. The Morgan fingerprint density at radius 1 is 1.23 bits per heavy atom. The monoisotopic (exact) mass is 351 g/mol. The van der Waals surface area contributed by atoms with Gasteiger partial charge in [-0.3, -0.25) is 14.7 Å². The van der Waals surface area contributed by atoms with Crippen molar-refractivity contribution in [3.63, 3.8) is 0 Å². The molecular formula is C21H25N3O2. The van der Waals surface area contributed by atoms with Crippen LogP contribution in [0.25, 0.3) is 0 Å².